The topological polar surface area (TPSA) is 24.5 Å². The highest BCUT2D eigenvalue weighted by Crippen LogP contribution is 2.41. The molecule has 4 unspecified atom stereocenters. The van der Waals surface area contributed by atoms with Crippen LogP contribution in [0.5, 0.6) is 0 Å². The van der Waals surface area contributed by atoms with E-state index in [0.717, 1.165) is 25.6 Å². The molecular weight excluding hydrogens is 260 g/mol. The van der Waals surface area contributed by atoms with E-state index in [0.29, 0.717) is 24.2 Å². The van der Waals surface area contributed by atoms with Crippen molar-refractivity contribution in [3.05, 3.63) is 35.9 Å². The van der Waals surface area contributed by atoms with Crippen LogP contribution >= 0.6 is 0 Å². The standard InChI is InChI=1S/C18H26N2O/c1-13-11-19-16(14-5-3-2-4-6-14)12-20(13)17-9-10-21-18(17)15-7-8-15/h2-6,13,15-19H,7-12H2,1H3. The molecule has 114 valence electrons. The lowest BCUT2D eigenvalue weighted by atomic mass is 9.96. The number of hydrogen-bond acceptors (Lipinski definition) is 3. The van der Waals surface area contributed by atoms with Gasteiger partial charge in [0.15, 0.2) is 0 Å². The van der Waals surface area contributed by atoms with Gasteiger partial charge >= 0.3 is 0 Å². The fraction of sp³-hybridized carbons (Fsp3) is 0.667. The molecule has 21 heavy (non-hydrogen) atoms. The molecule has 3 aliphatic rings. The Bertz CT molecular complexity index is 473. The lowest BCUT2D eigenvalue weighted by Gasteiger charge is -2.43. The highest BCUT2D eigenvalue weighted by Gasteiger charge is 2.45. The number of piperazine rings is 1. The zero-order valence-electron chi connectivity index (χ0n) is 12.9. The summed E-state index contributed by atoms with van der Waals surface area (Å²) in [5, 5.41) is 3.72. The molecule has 2 aliphatic heterocycles. The zero-order chi connectivity index (χ0) is 14.2. The van der Waals surface area contributed by atoms with Gasteiger partial charge in [0, 0.05) is 37.8 Å². The molecule has 1 aromatic carbocycles. The Hall–Kier alpha value is -0.900. The molecule has 3 heteroatoms. The second-order valence-corrected chi connectivity index (χ2v) is 6.95. The number of hydrogen-bond donors (Lipinski definition) is 1. The largest absolute Gasteiger partial charge is 0.376 e. The SMILES string of the molecule is CC1CNC(c2ccccc2)CN1C1CCOC1C1CC1. The Morgan fingerprint density at radius 3 is 2.71 bits per heavy atom. The van der Waals surface area contributed by atoms with Gasteiger partial charge in [-0.2, -0.15) is 0 Å². The Morgan fingerprint density at radius 1 is 1.14 bits per heavy atom. The van der Waals surface area contributed by atoms with Crippen molar-refractivity contribution in [2.24, 2.45) is 5.92 Å². The molecule has 1 aliphatic carbocycles. The summed E-state index contributed by atoms with van der Waals surface area (Å²) in [7, 11) is 0. The van der Waals surface area contributed by atoms with Crippen LogP contribution in [0.25, 0.3) is 0 Å². The van der Waals surface area contributed by atoms with Gasteiger partial charge in [-0.15, -0.1) is 0 Å². The number of nitrogens with zero attached hydrogens (tertiary/aromatic N) is 1. The van der Waals surface area contributed by atoms with Crippen LogP contribution in [0.1, 0.15) is 37.8 Å². The Kier molecular flexibility index (Phi) is 3.74. The number of rotatable bonds is 3. The van der Waals surface area contributed by atoms with Crippen molar-refractivity contribution in [2.75, 3.05) is 19.7 Å². The predicted octanol–water partition coefficient (Wildman–Crippen LogP) is 2.59. The smallest absolute Gasteiger partial charge is 0.0759 e. The summed E-state index contributed by atoms with van der Waals surface area (Å²) in [6.45, 7) is 5.50. The van der Waals surface area contributed by atoms with Crippen molar-refractivity contribution < 1.29 is 4.74 Å². The van der Waals surface area contributed by atoms with E-state index in [1.54, 1.807) is 0 Å². The summed E-state index contributed by atoms with van der Waals surface area (Å²) in [5.74, 6) is 0.842. The quantitative estimate of drug-likeness (QED) is 0.924. The van der Waals surface area contributed by atoms with Crippen LogP contribution in [0.15, 0.2) is 30.3 Å². The second kappa shape index (κ2) is 5.71. The number of benzene rings is 1. The first-order valence-electron chi connectivity index (χ1n) is 8.48. The van der Waals surface area contributed by atoms with Gasteiger partial charge in [0.05, 0.1) is 6.10 Å². The molecule has 4 rings (SSSR count). The molecule has 1 aromatic rings. The molecule has 0 spiro atoms. The van der Waals surface area contributed by atoms with E-state index in [9.17, 15) is 0 Å². The maximum Gasteiger partial charge on any atom is 0.0759 e. The molecule has 2 heterocycles. The first-order chi connectivity index (χ1) is 10.3. The van der Waals surface area contributed by atoms with Crippen molar-refractivity contribution in [1.29, 1.82) is 0 Å². The minimum absolute atomic E-state index is 0.461. The average molecular weight is 286 g/mol. The Labute approximate surface area is 127 Å². The number of nitrogens with one attached hydrogen (secondary N) is 1. The Morgan fingerprint density at radius 2 is 1.95 bits per heavy atom. The number of ether oxygens (including phenoxy) is 1. The third kappa shape index (κ3) is 2.75. The third-order valence-electron chi connectivity index (χ3n) is 5.44. The van der Waals surface area contributed by atoms with Crippen molar-refractivity contribution in [3.8, 4) is 0 Å². The molecule has 0 bridgehead atoms. The van der Waals surface area contributed by atoms with Gasteiger partial charge in [-0.3, -0.25) is 4.90 Å². The molecular formula is C18H26N2O. The van der Waals surface area contributed by atoms with Gasteiger partial charge in [0.25, 0.3) is 0 Å². The van der Waals surface area contributed by atoms with Crippen LogP contribution in [-0.4, -0.2) is 42.8 Å². The minimum Gasteiger partial charge on any atom is -0.376 e. The Balaban J connectivity index is 1.50. The first-order valence-corrected chi connectivity index (χ1v) is 8.48. The first kappa shape index (κ1) is 13.7. The summed E-state index contributed by atoms with van der Waals surface area (Å²) in [6, 6.07) is 12.6. The predicted molar refractivity (Wildman–Crippen MR) is 84.2 cm³/mol. The molecule has 3 nitrogen and oxygen atoms in total. The highest BCUT2D eigenvalue weighted by atomic mass is 16.5. The van der Waals surface area contributed by atoms with Crippen LogP contribution in [0.3, 0.4) is 0 Å². The molecule has 2 saturated heterocycles. The van der Waals surface area contributed by atoms with Crippen molar-refractivity contribution >= 4 is 0 Å². The summed E-state index contributed by atoms with van der Waals surface area (Å²) in [6.07, 6.45) is 4.47. The molecule has 0 aromatic heterocycles. The van der Waals surface area contributed by atoms with E-state index in [4.69, 9.17) is 4.74 Å². The van der Waals surface area contributed by atoms with Crippen LogP contribution in [0, 0.1) is 5.92 Å². The van der Waals surface area contributed by atoms with E-state index in [-0.39, 0.29) is 0 Å². The van der Waals surface area contributed by atoms with E-state index in [1.807, 2.05) is 0 Å². The maximum absolute atomic E-state index is 6.07. The maximum atomic E-state index is 6.07. The third-order valence-corrected chi connectivity index (χ3v) is 5.44. The van der Waals surface area contributed by atoms with Crippen molar-refractivity contribution in [2.45, 2.75) is 50.4 Å². The summed E-state index contributed by atoms with van der Waals surface area (Å²) in [4.78, 5) is 2.73. The summed E-state index contributed by atoms with van der Waals surface area (Å²) >= 11 is 0. The summed E-state index contributed by atoms with van der Waals surface area (Å²) < 4.78 is 6.07. The summed E-state index contributed by atoms with van der Waals surface area (Å²) in [5.41, 5.74) is 1.41. The van der Waals surface area contributed by atoms with Crippen LogP contribution in [0.4, 0.5) is 0 Å². The molecule has 1 N–H and O–H groups in total. The van der Waals surface area contributed by atoms with Gasteiger partial charge < -0.3 is 10.1 Å². The average Bonchev–Trinajstić information content (AvgIpc) is 3.26. The zero-order valence-corrected chi connectivity index (χ0v) is 12.9. The van der Waals surface area contributed by atoms with E-state index in [2.05, 4.69) is 47.5 Å². The molecule has 3 fully saturated rings. The van der Waals surface area contributed by atoms with Crippen LogP contribution in [-0.2, 0) is 4.74 Å². The fourth-order valence-corrected chi connectivity index (χ4v) is 4.09. The monoisotopic (exact) mass is 286 g/mol. The van der Waals surface area contributed by atoms with E-state index in [1.165, 1.54) is 24.8 Å². The van der Waals surface area contributed by atoms with Gasteiger partial charge in [-0.1, -0.05) is 30.3 Å². The fourth-order valence-electron chi connectivity index (χ4n) is 4.09. The van der Waals surface area contributed by atoms with Gasteiger partial charge in [0.1, 0.15) is 0 Å². The van der Waals surface area contributed by atoms with Crippen molar-refractivity contribution in [3.63, 3.8) is 0 Å². The van der Waals surface area contributed by atoms with Gasteiger partial charge in [-0.25, -0.2) is 0 Å². The van der Waals surface area contributed by atoms with E-state index < -0.39 is 0 Å². The lowest BCUT2D eigenvalue weighted by Crippen LogP contribution is -2.57. The van der Waals surface area contributed by atoms with E-state index >= 15 is 0 Å². The molecule has 1 saturated carbocycles. The minimum atomic E-state index is 0.461. The lowest BCUT2D eigenvalue weighted by molar-refractivity contribution is 0.0160. The van der Waals surface area contributed by atoms with Crippen LogP contribution in [0.2, 0.25) is 0 Å². The van der Waals surface area contributed by atoms with Crippen LogP contribution < -0.4 is 5.32 Å². The van der Waals surface area contributed by atoms with Gasteiger partial charge in [0.2, 0.25) is 0 Å². The molecule has 0 amide bonds. The molecule has 0 radical (unpaired) electrons. The second-order valence-electron chi connectivity index (χ2n) is 6.95. The normalized spacial score (nSPS) is 37.8. The van der Waals surface area contributed by atoms with Gasteiger partial charge in [-0.05, 0) is 37.7 Å². The van der Waals surface area contributed by atoms with Crippen molar-refractivity contribution in [1.82, 2.24) is 10.2 Å². The highest BCUT2D eigenvalue weighted by molar-refractivity contribution is 5.20. The molecule has 4 atom stereocenters.